The van der Waals surface area contributed by atoms with E-state index in [1.54, 1.807) is 18.2 Å². The van der Waals surface area contributed by atoms with Crippen LogP contribution in [0, 0.1) is 24.0 Å². The summed E-state index contributed by atoms with van der Waals surface area (Å²) < 4.78 is 7.71. The summed E-state index contributed by atoms with van der Waals surface area (Å²) in [5.41, 5.74) is 3.54. The van der Waals surface area contributed by atoms with Crippen molar-refractivity contribution >= 4 is 40.5 Å². The van der Waals surface area contributed by atoms with Crippen molar-refractivity contribution in [1.82, 2.24) is 14.9 Å². The zero-order chi connectivity index (χ0) is 24.4. The standard InChI is InChI=1S/C23H19N5O5S/c1-13-10-16(11-20-22(30)26-23(34-20)25-15(3)29)14(2)27(13)17-4-7-19(8-5-17)33-21-9-6-18(12-24-21)28(31)32/h4-12H,1-3H3,(H,25,26,29,30)/b20-11-. The van der Waals surface area contributed by atoms with Crippen LogP contribution in [0.3, 0.4) is 0 Å². The highest BCUT2D eigenvalue weighted by Crippen LogP contribution is 2.31. The second kappa shape index (κ2) is 9.32. The van der Waals surface area contributed by atoms with E-state index in [-0.39, 0.29) is 28.5 Å². The highest BCUT2D eigenvalue weighted by atomic mass is 32.2. The van der Waals surface area contributed by atoms with E-state index in [9.17, 15) is 19.7 Å². The lowest BCUT2D eigenvalue weighted by Crippen LogP contribution is -2.23. The average Bonchev–Trinajstić information content (AvgIpc) is 3.26. The van der Waals surface area contributed by atoms with Gasteiger partial charge in [0.25, 0.3) is 11.6 Å². The van der Waals surface area contributed by atoms with Gasteiger partial charge in [-0.25, -0.2) is 4.98 Å². The molecule has 1 N–H and O–H groups in total. The van der Waals surface area contributed by atoms with Crippen LogP contribution in [0.25, 0.3) is 11.8 Å². The van der Waals surface area contributed by atoms with Crippen LogP contribution < -0.4 is 10.1 Å². The molecule has 34 heavy (non-hydrogen) atoms. The average molecular weight is 478 g/mol. The van der Waals surface area contributed by atoms with E-state index in [4.69, 9.17) is 4.74 Å². The lowest BCUT2D eigenvalue weighted by atomic mass is 10.2. The Labute approximate surface area is 198 Å². The summed E-state index contributed by atoms with van der Waals surface area (Å²) in [6.07, 6.45) is 2.91. The summed E-state index contributed by atoms with van der Waals surface area (Å²) >= 11 is 1.13. The fourth-order valence-electron chi connectivity index (χ4n) is 3.41. The lowest BCUT2D eigenvalue weighted by Gasteiger charge is -2.11. The van der Waals surface area contributed by atoms with E-state index < -0.39 is 4.92 Å². The minimum atomic E-state index is -0.520. The fourth-order valence-corrected chi connectivity index (χ4v) is 4.26. The number of amides is 2. The number of aromatic nitrogens is 2. The number of nitrogens with one attached hydrogen (secondary N) is 1. The quantitative estimate of drug-likeness (QED) is 0.330. The summed E-state index contributed by atoms with van der Waals surface area (Å²) in [7, 11) is 0. The first-order valence-corrected chi connectivity index (χ1v) is 10.9. The number of aryl methyl sites for hydroxylation is 1. The van der Waals surface area contributed by atoms with Gasteiger partial charge in [0.2, 0.25) is 11.8 Å². The molecule has 1 aliphatic rings. The molecule has 0 radical (unpaired) electrons. The van der Waals surface area contributed by atoms with Gasteiger partial charge in [-0.2, -0.15) is 4.99 Å². The van der Waals surface area contributed by atoms with Crippen molar-refractivity contribution in [3.63, 3.8) is 0 Å². The lowest BCUT2D eigenvalue weighted by molar-refractivity contribution is -0.385. The number of hydrogen-bond donors (Lipinski definition) is 1. The van der Waals surface area contributed by atoms with Gasteiger partial charge < -0.3 is 14.6 Å². The molecule has 4 rings (SSSR count). The Hall–Kier alpha value is -4.25. The molecule has 3 aromatic rings. The Kier molecular flexibility index (Phi) is 6.28. The van der Waals surface area contributed by atoms with Gasteiger partial charge in [-0.1, -0.05) is 0 Å². The molecule has 172 valence electrons. The van der Waals surface area contributed by atoms with Gasteiger partial charge in [0.1, 0.15) is 11.9 Å². The van der Waals surface area contributed by atoms with Gasteiger partial charge in [0.15, 0.2) is 5.17 Å². The normalized spacial score (nSPS) is 14.3. The molecule has 2 amide bonds. The number of hydrogen-bond acceptors (Lipinski definition) is 7. The van der Waals surface area contributed by atoms with E-state index in [0.29, 0.717) is 10.7 Å². The number of nitro groups is 1. The van der Waals surface area contributed by atoms with Gasteiger partial charge in [-0.05, 0) is 67.6 Å². The number of thioether (sulfide) groups is 1. The monoisotopic (exact) mass is 477 g/mol. The maximum atomic E-state index is 12.2. The molecule has 0 aliphatic carbocycles. The Morgan fingerprint density at radius 3 is 2.56 bits per heavy atom. The number of ether oxygens (including phenoxy) is 1. The summed E-state index contributed by atoms with van der Waals surface area (Å²) in [6, 6.07) is 12.1. The largest absolute Gasteiger partial charge is 0.439 e. The predicted octanol–water partition coefficient (Wildman–Crippen LogP) is 4.30. The van der Waals surface area contributed by atoms with E-state index in [0.717, 1.165) is 40.6 Å². The van der Waals surface area contributed by atoms with Gasteiger partial charge >= 0.3 is 0 Å². The molecule has 3 heterocycles. The summed E-state index contributed by atoms with van der Waals surface area (Å²) in [5.74, 6) is 0.112. The van der Waals surface area contributed by atoms with Crippen LogP contribution in [-0.4, -0.2) is 31.5 Å². The third kappa shape index (κ3) is 4.89. The molecule has 11 heteroatoms. The number of aliphatic imine (C=N–C) groups is 1. The SMILES string of the molecule is CC(=O)NC1=NC(=O)/C(=C/c2cc(C)n(-c3ccc(Oc4ccc([N+](=O)[O-])cn4)cc3)c2C)S1. The van der Waals surface area contributed by atoms with Gasteiger partial charge in [-0.3, -0.25) is 19.7 Å². The summed E-state index contributed by atoms with van der Waals surface area (Å²) in [5, 5.41) is 13.6. The van der Waals surface area contributed by atoms with Crippen molar-refractivity contribution < 1.29 is 19.2 Å². The molecule has 0 atom stereocenters. The second-order valence-corrected chi connectivity index (χ2v) is 8.41. The maximum absolute atomic E-state index is 12.2. The predicted molar refractivity (Wildman–Crippen MR) is 128 cm³/mol. The zero-order valence-electron chi connectivity index (χ0n) is 18.4. The fraction of sp³-hybridized carbons (Fsp3) is 0.130. The number of rotatable bonds is 5. The maximum Gasteiger partial charge on any atom is 0.287 e. The Morgan fingerprint density at radius 2 is 1.94 bits per heavy atom. The second-order valence-electron chi connectivity index (χ2n) is 7.38. The molecule has 0 bridgehead atoms. The highest BCUT2D eigenvalue weighted by Gasteiger charge is 2.23. The number of benzene rings is 1. The van der Waals surface area contributed by atoms with Crippen LogP contribution in [-0.2, 0) is 9.59 Å². The molecular formula is C23H19N5O5S. The number of nitrogens with zero attached hydrogens (tertiary/aromatic N) is 4. The van der Waals surface area contributed by atoms with Crippen LogP contribution >= 0.6 is 11.8 Å². The van der Waals surface area contributed by atoms with Crippen LogP contribution in [0.5, 0.6) is 11.6 Å². The van der Waals surface area contributed by atoms with Crippen LogP contribution in [0.15, 0.2) is 58.6 Å². The number of carbonyl (C=O) groups excluding carboxylic acids is 2. The van der Waals surface area contributed by atoms with Crippen LogP contribution in [0.2, 0.25) is 0 Å². The van der Waals surface area contributed by atoms with E-state index in [1.165, 1.54) is 19.1 Å². The van der Waals surface area contributed by atoms with Crippen molar-refractivity contribution in [1.29, 1.82) is 0 Å². The Balaban J connectivity index is 1.52. The smallest absolute Gasteiger partial charge is 0.287 e. The van der Waals surface area contributed by atoms with Gasteiger partial charge in [0, 0.05) is 36.1 Å². The molecular weight excluding hydrogens is 458 g/mol. The molecule has 0 unspecified atom stereocenters. The van der Waals surface area contributed by atoms with Crippen molar-refractivity contribution in [3.05, 3.63) is 80.6 Å². The van der Waals surface area contributed by atoms with Crippen molar-refractivity contribution in [2.24, 2.45) is 4.99 Å². The highest BCUT2D eigenvalue weighted by molar-refractivity contribution is 8.18. The summed E-state index contributed by atoms with van der Waals surface area (Å²) in [6.45, 7) is 5.27. The molecule has 1 aliphatic heterocycles. The number of pyridine rings is 1. The molecule has 0 fully saturated rings. The molecule has 0 saturated heterocycles. The minimum absolute atomic E-state index is 0.109. The molecule has 0 saturated carbocycles. The van der Waals surface area contributed by atoms with Gasteiger partial charge in [-0.15, -0.1) is 0 Å². The summed E-state index contributed by atoms with van der Waals surface area (Å²) in [4.78, 5) is 41.9. The first kappa shape index (κ1) is 22.9. The van der Waals surface area contributed by atoms with E-state index in [1.807, 2.05) is 36.6 Å². The van der Waals surface area contributed by atoms with Crippen LogP contribution in [0.4, 0.5) is 5.69 Å². The molecule has 0 spiro atoms. The number of amidine groups is 1. The third-order valence-corrected chi connectivity index (χ3v) is 5.81. The van der Waals surface area contributed by atoms with Crippen molar-refractivity contribution in [2.45, 2.75) is 20.8 Å². The first-order chi connectivity index (χ1) is 16.2. The molecule has 10 nitrogen and oxygen atoms in total. The Bertz CT molecular complexity index is 1360. The van der Waals surface area contributed by atoms with Crippen molar-refractivity contribution in [3.8, 4) is 17.3 Å². The zero-order valence-corrected chi connectivity index (χ0v) is 19.3. The first-order valence-electron chi connectivity index (χ1n) is 10.1. The third-order valence-electron chi connectivity index (χ3n) is 4.91. The van der Waals surface area contributed by atoms with Crippen LogP contribution in [0.1, 0.15) is 23.9 Å². The van der Waals surface area contributed by atoms with E-state index >= 15 is 0 Å². The van der Waals surface area contributed by atoms with E-state index in [2.05, 4.69) is 15.3 Å². The van der Waals surface area contributed by atoms with Gasteiger partial charge in [0.05, 0.1) is 9.83 Å². The minimum Gasteiger partial charge on any atom is -0.439 e. The molecule has 1 aromatic carbocycles. The molecule has 2 aromatic heterocycles. The Morgan fingerprint density at radius 1 is 1.21 bits per heavy atom. The van der Waals surface area contributed by atoms with Crippen molar-refractivity contribution in [2.75, 3.05) is 0 Å². The topological polar surface area (TPSA) is 129 Å². The number of carbonyl (C=O) groups is 2.